The number of nitrogens with one attached hydrogen (secondary N) is 1. The Morgan fingerprint density at radius 1 is 1.00 bits per heavy atom. The van der Waals surface area contributed by atoms with E-state index >= 15 is 0 Å². The highest BCUT2D eigenvalue weighted by atomic mass is 35.5. The molecule has 34 heavy (non-hydrogen) atoms. The predicted molar refractivity (Wildman–Crippen MR) is 136 cm³/mol. The maximum absolute atomic E-state index is 13.4. The van der Waals surface area contributed by atoms with E-state index in [1.165, 1.54) is 6.42 Å². The molecule has 0 radical (unpaired) electrons. The number of hydrogen-bond donors (Lipinski definition) is 1. The summed E-state index contributed by atoms with van der Waals surface area (Å²) in [5.41, 5.74) is 0.792. The summed E-state index contributed by atoms with van der Waals surface area (Å²) < 4.78 is 5.95. The zero-order chi connectivity index (χ0) is 23.9. The van der Waals surface area contributed by atoms with E-state index in [4.69, 9.17) is 16.3 Å². The van der Waals surface area contributed by atoms with Crippen LogP contribution in [-0.4, -0.2) is 35.4 Å². The molecule has 3 aromatic carbocycles. The Morgan fingerprint density at radius 2 is 1.71 bits per heavy atom. The van der Waals surface area contributed by atoms with Gasteiger partial charge in [-0.1, -0.05) is 85.5 Å². The summed E-state index contributed by atoms with van der Waals surface area (Å²) in [6, 6.07) is 20.6. The molecule has 1 aliphatic rings. The van der Waals surface area contributed by atoms with Crippen molar-refractivity contribution in [2.45, 2.75) is 57.7 Å². The number of halogens is 1. The Morgan fingerprint density at radius 3 is 2.50 bits per heavy atom. The Balaban J connectivity index is 1.50. The SMILES string of the molecule is C[C@H](C(=O)NC1CCCCC1)N(Cc1ccccc1Cl)C(=O)COc1cccc2ccccc12. The second-order valence-corrected chi connectivity index (χ2v) is 9.31. The van der Waals surface area contributed by atoms with Crippen LogP contribution in [0.15, 0.2) is 66.7 Å². The first-order valence-corrected chi connectivity index (χ1v) is 12.3. The number of benzene rings is 3. The number of carbonyl (C=O) groups is 2. The summed E-state index contributed by atoms with van der Waals surface area (Å²) in [6.07, 6.45) is 5.44. The van der Waals surface area contributed by atoms with Gasteiger partial charge in [-0.25, -0.2) is 0 Å². The zero-order valence-corrected chi connectivity index (χ0v) is 20.3. The van der Waals surface area contributed by atoms with Gasteiger partial charge in [-0.15, -0.1) is 0 Å². The lowest BCUT2D eigenvalue weighted by molar-refractivity contribution is -0.142. The van der Waals surface area contributed by atoms with Crippen molar-refractivity contribution in [2.75, 3.05) is 6.61 Å². The summed E-state index contributed by atoms with van der Waals surface area (Å²) in [5.74, 6) is 0.236. The van der Waals surface area contributed by atoms with Crippen LogP contribution >= 0.6 is 11.6 Å². The molecule has 4 rings (SSSR count). The molecule has 0 aromatic heterocycles. The van der Waals surface area contributed by atoms with Gasteiger partial charge >= 0.3 is 0 Å². The Hall–Kier alpha value is -3.05. The summed E-state index contributed by atoms with van der Waals surface area (Å²) >= 11 is 6.38. The van der Waals surface area contributed by atoms with Gasteiger partial charge in [0, 0.05) is 23.0 Å². The van der Waals surface area contributed by atoms with Crippen molar-refractivity contribution in [2.24, 2.45) is 0 Å². The predicted octanol–water partition coefficient (Wildman–Crippen LogP) is 5.74. The van der Waals surface area contributed by atoms with Crippen LogP contribution in [0.25, 0.3) is 10.8 Å². The first-order chi connectivity index (χ1) is 16.5. The van der Waals surface area contributed by atoms with Crippen molar-refractivity contribution in [1.29, 1.82) is 0 Å². The summed E-state index contributed by atoms with van der Waals surface area (Å²) in [4.78, 5) is 28.0. The van der Waals surface area contributed by atoms with Crippen LogP contribution in [0.5, 0.6) is 5.75 Å². The molecule has 0 saturated heterocycles. The molecule has 0 bridgehead atoms. The molecule has 178 valence electrons. The van der Waals surface area contributed by atoms with Gasteiger partial charge in [0.05, 0.1) is 0 Å². The molecular formula is C28H31ClN2O3. The van der Waals surface area contributed by atoms with Crippen molar-refractivity contribution in [1.82, 2.24) is 10.2 Å². The maximum Gasteiger partial charge on any atom is 0.261 e. The van der Waals surface area contributed by atoms with E-state index in [2.05, 4.69) is 5.32 Å². The van der Waals surface area contributed by atoms with E-state index in [-0.39, 0.29) is 31.0 Å². The Kier molecular flexibility index (Phi) is 8.07. The number of nitrogens with zero attached hydrogens (tertiary/aromatic N) is 1. The third-order valence-electron chi connectivity index (χ3n) is 6.52. The fourth-order valence-corrected chi connectivity index (χ4v) is 4.70. The lowest BCUT2D eigenvalue weighted by Gasteiger charge is -2.31. The highest BCUT2D eigenvalue weighted by Gasteiger charge is 2.29. The monoisotopic (exact) mass is 478 g/mol. The number of carbonyl (C=O) groups excluding carboxylic acids is 2. The normalized spacial score (nSPS) is 15.0. The van der Waals surface area contributed by atoms with Gasteiger partial charge in [0.15, 0.2) is 6.61 Å². The van der Waals surface area contributed by atoms with Gasteiger partial charge in [0.1, 0.15) is 11.8 Å². The minimum atomic E-state index is -0.651. The van der Waals surface area contributed by atoms with Crippen LogP contribution < -0.4 is 10.1 Å². The number of hydrogen-bond acceptors (Lipinski definition) is 3. The van der Waals surface area contributed by atoms with Crippen molar-refractivity contribution in [3.8, 4) is 5.75 Å². The van der Waals surface area contributed by atoms with Crippen molar-refractivity contribution >= 4 is 34.2 Å². The van der Waals surface area contributed by atoms with Crippen LogP contribution in [-0.2, 0) is 16.1 Å². The van der Waals surface area contributed by atoms with Gasteiger partial charge in [0.2, 0.25) is 5.91 Å². The number of ether oxygens (including phenoxy) is 1. The molecule has 5 nitrogen and oxygen atoms in total. The lowest BCUT2D eigenvalue weighted by Crippen LogP contribution is -2.51. The van der Waals surface area contributed by atoms with E-state index in [9.17, 15) is 9.59 Å². The summed E-state index contributed by atoms with van der Waals surface area (Å²) in [6.45, 7) is 1.83. The van der Waals surface area contributed by atoms with Crippen LogP contribution in [0.1, 0.15) is 44.6 Å². The largest absolute Gasteiger partial charge is 0.483 e. The zero-order valence-electron chi connectivity index (χ0n) is 19.5. The molecule has 0 unspecified atom stereocenters. The van der Waals surface area contributed by atoms with E-state index < -0.39 is 6.04 Å². The minimum absolute atomic E-state index is 0.141. The van der Waals surface area contributed by atoms with Crippen LogP contribution in [0.3, 0.4) is 0 Å². The van der Waals surface area contributed by atoms with Crippen molar-refractivity contribution < 1.29 is 14.3 Å². The van der Waals surface area contributed by atoms with Gasteiger partial charge < -0.3 is 15.0 Å². The smallest absolute Gasteiger partial charge is 0.261 e. The van der Waals surface area contributed by atoms with Gasteiger partial charge in [-0.05, 0) is 42.8 Å². The van der Waals surface area contributed by atoms with Gasteiger partial charge in [-0.3, -0.25) is 9.59 Å². The third-order valence-corrected chi connectivity index (χ3v) is 6.89. The quantitative estimate of drug-likeness (QED) is 0.449. The molecule has 1 fully saturated rings. The second-order valence-electron chi connectivity index (χ2n) is 8.90. The fourth-order valence-electron chi connectivity index (χ4n) is 4.51. The van der Waals surface area contributed by atoms with Gasteiger partial charge in [-0.2, -0.15) is 0 Å². The average molecular weight is 479 g/mol. The van der Waals surface area contributed by atoms with E-state index in [1.54, 1.807) is 17.9 Å². The number of fused-ring (bicyclic) bond motifs is 1. The molecule has 1 aliphatic carbocycles. The number of rotatable bonds is 8. The van der Waals surface area contributed by atoms with E-state index in [0.29, 0.717) is 10.8 Å². The first-order valence-electron chi connectivity index (χ1n) is 12.0. The Bertz CT molecular complexity index is 1140. The van der Waals surface area contributed by atoms with Crippen LogP contribution in [0.2, 0.25) is 5.02 Å². The standard InChI is InChI=1S/C28H31ClN2O3/c1-20(28(33)30-23-13-3-2-4-14-23)31(18-22-11-6-8-16-25(22)29)27(32)19-34-26-17-9-12-21-10-5-7-15-24(21)26/h5-12,15-17,20,23H,2-4,13-14,18-19H2,1H3,(H,30,33)/t20-/m1/s1. The second kappa shape index (κ2) is 11.4. The van der Waals surface area contributed by atoms with Crippen molar-refractivity contribution in [3.05, 3.63) is 77.3 Å². The molecule has 0 aliphatic heterocycles. The minimum Gasteiger partial charge on any atom is -0.483 e. The average Bonchev–Trinajstić information content (AvgIpc) is 2.87. The highest BCUT2D eigenvalue weighted by Crippen LogP contribution is 2.26. The molecule has 6 heteroatoms. The molecule has 1 saturated carbocycles. The topological polar surface area (TPSA) is 58.6 Å². The molecule has 3 aromatic rings. The third kappa shape index (κ3) is 5.89. The molecule has 0 spiro atoms. The van der Waals surface area contributed by atoms with E-state index in [0.717, 1.165) is 42.0 Å². The molecule has 2 amide bonds. The van der Waals surface area contributed by atoms with Crippen LogP contribution in [0.4, 0.5) is 0 Å². The summed E-state index contributed by atoms with van der Waals surface area (Å²) in [7, 11) is 0. The molecule has 0 heterocycles. The van der Waals surface area contributed by atoms with Gasteiger partial charge in [0.25, 0.3) is 5.91 Å². The molecule has 1 N–H and O–H groups in total. The van der Waals surface area contributed by atoms with E-state index in [1.807, 2.05) is 60.7 Å². The maximum atomic E-state index is 13.4. The first kappa shape index (κ1) is 24.1. The number of amides is 2. The highest BCUT2D eigenvalue weighted by molar-refractivity contribution is 6.31. The summed E-state index contributed by atoms with van der Waals surface area (Å²) in [5, 5.41) is 5.70. The molecule has 1 atom stereocenters. The fraction of sp³-hybridized carbons (Fsp3) is 0.357. The lowest BCUT2D eigenvalue weighted by atomic mass is 9.95. The van der Waals surface area contributed by atoms with Crippen LogP contribution in [0, 0.1) is 0 Å². The Labute approximate surface area is 206 Å². The molecular weight excluding hydrogens is 448 g/mol. The van der Waals surface area contributed by atoms with Crippen molar-refractivity contribution in [3.63, 3.8) is 0 Å².